The highest BCUT2D eigenvalue weighted by Crippen LogP contribution is 2.32. The average Bonchev–Trinajstić information content (AvgIpc) is 3.35. The fraction of sp³-hybridized carbons (Fsp3) is 0.238. The summed E-state index contributed by atoms with van der Waals surface area (Å²) in [7, 11) is 1.20. The molecule has 0 saturated carbocycles. The molecule has 1 heterocycles. The van der Waals surface area contributed by atoms with Crippen LogP contribution >= 0.6 is 0 Å². The van der Waals surface area contributed by atoms with Gasteiger partial charge in [0.1, 0.15) is 18.1 Å². The van der Waals surface area contributed by atoms with Crippen molar-refractivity contribution in [2.45, 2.75) is 25.9 Å². The Labute approximate surface area is 171 Å². The van der Waals surface area contributed by atoms with Gasteiger partial charge in [-0.05, 0) is 55.7 Å². The number of nitro benzene ring substituents is 1. The van der Waals surface area contributed by atoms with Crippen LogP contribution in [0.3, 0.4) is 0 Å². The SMILES string of the molecule is COC(=O)c1ccc(OCc2nn(-c3ccc(F)cc3)c3c2CCC3)c([N+](=O)[O-])c1. The summed E-state index contributed by atoms with van der Waals surface area (Å²) in [6, 6.07) is 9.98. The summed E-state index contributed by atoms with van der Waals surface area (Å²) in [6.45, 7) is 0.0366. The summed E-state index contributed by atoms with van der Waals surface area (Å²) < 4.78 is 25.4. The second-order valence-corrected chi connectivity index (χ2v) is 6.83. The van der Waals surface area contributed by atoms with E-state index in [-0.39, 0.29) is 29.4 Å². The largest absolute Gasteiger partial charge is 0.480 e. The van der Waals surface area contributed by atoms with E-state index in [1.165, 1.54) is 31.4 Å². The molecular weight excluding hydrogens is 393 g/mol. The maximum Gasteiger partial charge on any atom is 0.338 e. The maximum atomic E-state index is 13.3. The summed E-state index contributed by atoms with van der Waals surface area (Å²) in [6.07, 6.45) is 2.64. The van der Waals surface area contributed by atoms with Gasteiger partial charge in [-0.15, -0.1) is 0 Å². The van der Waals surface area contributed by atoms with E-state index in [2.05, 4.69) is 9.84 Å². The zero-order valence-corrected chi connectivity index (χ0v) is 16.1. The minimum absolute atomic E-state index is 0.0366. The predicted octanol–water partition coefficient (Wildman–Crippen LogP) is 3.77. The standard InChI is InChI=1S/C21H18FN3O5/c1-29-21(26)13-5-10-20(19(11-13)25(27)28)30-12-17-16-3-2-4-18(16)24(23-17)15-8-6-14(22)7-9-15/h5-11H,2-4,12H2,1H3. The third-order valence-corrected chi connectivity index (χ3v) is 5.03. The van der Waals surface area contributed by atoms with Crippen molar-refractivity contribution < 1.29 is 23.6 Å². The van der Waals surface area contributed by atoms with E-state index in [0.717, 1.165) is 42.3 Å². The molecule has 0 radical (unpaired) electrons. The third-order valence-electron chi connectivity index (χ3n) is 5.03. The number of benzene rings is 2. The third kappa shape index (κ3) is 3.61. The highest BCUT2D eigenvalue weighted by atomic mass is 19.1. The lowest BCUT2D eigenvalue weighted by Crippen LogP contribution is -2.06. The predicted molar refractivity (Wildman–Crippen MR) is 104 cm³/mol. The summed E-state index contributed by atoms with van der Waals surface area (Å²) in [5.74, 6) is -0.954. The second kappa shape index (κ2) is 7.94. The van der Waals surface area contributed by atoms with Gasteiger partial charge in [0, 0.05) is 17.3 Å². The zero-order valence-electron chi connectivity index (χ0n) is 16.1. The Morgan fingerprint density at radius 3 is 2.70 bits per heavy atom. The van der Waals surface area contributed by atoms with Crippen LogP contribution in [0.4, 0.5) is 10.1 Å². The van der Waals surface area contributed by atoms with Gasteiger partial charge in [-0.3, -0.25) is 10.1 Å². The zero-order chi connectivity index (χ0) is 21.3. The number of methoxy groups -OCH3 is 1. The Kier molecular flexibility index (Phi) is 5.18. The highest BCUT2D eigenvalue weighted by Gasteiger charge is 2.25. The van der Waals surface area contributed by atoms with Crippen molar-refractivity contribution >= 4 is 11.7 Å². The average molecular weight is 411 g/mol. The highest BCUT2D eigenvalue weighted by molar-refractivity contribution is 5.90. The minimum atomic E-state index is -0.666. The number of ether oxygens (including phenoxy) is 2. The Morgan fingerprint density at radius 2 is 2.00 bits per heavy atom. The van der Waals surface area contributed by atoms with Gasteiger partial charge in [-0.25, -0.2) is 13.9 Å². The molecule has 1 aliphatic rings. The first-order chi connectivity index (χ1) is 14.5. The van der Waals surface area contributed by atoms with Crippen LogP contribution in [0.15, 0.2) is 42.5 Å². The van der Waals surface area contributed by atoms with Crippen molar-refractivity contribution in [3.05, 3.63) is 80.9 Å². The van der Waals surface area contributed by atoms with Crippen molar-refractivity contribution in [1.82, 2.24) is 9.78 Å². The molecule has 0 amide bonds. The lowest BCUT2D eigenvalue weighted by atomic mass is 10.2. The Bertz CT molecular complexity index is 1120. The smallest absolute Gasteiger partial charge is 0.338 e. The normalized spacial score (nSPS) is 12.5. The van der Waals surface area contributed by atoms with Crippen molar-refractivity contribution in [2.75, 3.05) is 7.11 Å². The number of rotatable bonds is 6. The molecule has 4 rings (SSSR count). The lowest BCUT2D eigenvalue weighted by Gasteiger charge is -2.08. The van der Waals surface area contributed by atoms with Gasteiger partial charge in [0.05, 0.1) is 23.3 Å². The van der Waals surface area contributed by atoms with Crippen molar-refractivity contribution in [3.8, 4) is 11.4 Å². The van der Waals surface area contributed by atoms with Gasteiger partial charge in [0.2, 0.25) is 0 Å². The van der Waals surface area contributed by atoms with Gasteiger partial charge in [0.25, 0.3) is 0 Å². The number of hydrogen-bond donors (Lipinski definition) is 0. The molecular formula is C21H18FN3O5. The summed E-state index contributed by atoms with van der Waals surface area (Å²) in [5.41, 5.74) is 3.25. The van der Waals surface area contributed by atoms with Crippen LogP contribution in [0.25, 0.3) is 5.69 Å². The molecule has 9 heteroatoms. The van der Waals surface area contributed by atoms with Gasteiger partial charge in [-0.1, -0.05) is 0 Å². The van der Waals surface area contributed by atoms with E-state index in [1.54, 1.807) is 16.8 Å². The number of hydrogen-bond acceptors (Lipinski definition) is 6. The molecule has 0 aliphatic heterocycles. The first kappa shape index (κ1) is 19.6. The number of aromatic nitrogens is 2. The Balaban J connectivity index is 1.62. The first-order valence-corrected chi connectivity index (χ1v) is 9.33. The number of nitrogens with zero attached hydrogens (tertiary/aromatic N) is 3. The molecule has 30 heavy (non-hydrogen) atoms. The summed E-state index contributed by atoms with van der Waals surface area (Å²) in [5, 5.41) is 16.0. The van der Waals surface area contributed by atoms with Crippen LogP contribution in [0, 0.1) is 15.9 Å². The van der Waals surface area contributed by atoms with E-state index in [1.807, 2.05) is 0 Å². The van der Waals surface area contributed by atoms with Crippen molar-refractivity contribution in [1.29, 1.82) is 0 Å². The van der Waals surface area contributed by atoms with Gasteiger partial charge < -0.3 is 9.47 Å². The number of fused-ring (bicyclic) bond motifs is 1. The van der Waals surface area contributed by atoms with Crippen LogP contribution < -0.4 is 4.74 Å². The van der Waals surface area contributed by atoms with Crippen molar-refractivity contribution in [2.24, 2.45) is 0 Å². The van der Waals surface area contributed by atoms with Crippen molar-refractivity contribution in [3.63, 3.8) is 0 Å². The molecule has 0 unspecified atom stereocenters. The van der Waals surface area contributed by atoms with E-state index in [4.69, 9.17) is 4.74 Å². The molecule has 1 aromatic heterocycles. The quantitative estimate of drug-likeness (QED) is 0.348. The molecule has 2 aromatic carbocycles. The van der Waals surface area contributed by atoms with Gasteiger partial charge in [0.15, 0.2) is 5.75 Å². The first-order valence-electron chi connectivity index (χ1n) is 9.33. The minimum Gasteiger partial charge on any atom is -0.480 e. The number of nitro groups is 1. The summed E-state index contributed by atoms with van der Waals surface area (Å²) >= 11 is 0. The van der Waals surface area contributed by atoms with E-state index >= 15 is 0 Å². The Hall–Kier alpha value is -3.75. The fourth-order valence-corrected chi connectivity index (χ4v) is 3.60. The number of carbonyl (C=O) groups is 1. The van der Waals surface area contributed by atoms with Crippen LogP contribution in [-0.2, 0) is 24.2 Å². The molecule has 0 spiro atoms. The van der Waals surface area contributed by atoms with E-state index < -0.39 is 10.9 Å². The molecule has 8 nitrogen and oxygen atoms in total. The Morgan fingerprint density at radius 1 is 1.23 bits per heavy atom. The molecule has 1 aliphatic carbocycles. The van der Waals surface area contributed by atoms with Gasteiger partial charge in [-0.2, -0.15) is 5.10 Å². The van der Waals surface area contributed by atoms with Crippen LogP contribution in [0.1, 0.15) is 33.7 Å². The maximum absolute atomic E-state index is 13.3. The molecule has 154 valence electrons. The number of esters is 1. The molecule has 0 atom stereocenters. The van der Waals surface area contributed by atoms with Crippen LogP contribution in [-0.4, -0.2) is 27.8 Å². The number of halogens is 1. The fourth-order valence-electron chi connectivity index (χ4n) is 3.60. The summed E-state index contributed by atoms with van der Waals surface area (Å²) in [4.78, 5) is 22.5. The topological polar surface area (TPSA) is 96.5 Å². The van der Waals surface area contributed by atoms with E-state index in [9.17, 15) is 19.3 Å². The van der Waals surface area contributed by atoms with Gasteiger partial charge >= 0.3 is 11.7 Å². The monoisotopic (exact) mass is 411 g/mol. The van der Waals surface area contributed by atoms with Crippen LogP contribution in [0.2, 0.25) is 0 Å². The number of carbonyl (C=O) groups excluding carboxylic acids is 1. The van der Waals surface area contributed by atoms with Crippen LogP contribution in [0.5, 0.6) is 5.75 Å². The molecule has 0 bridgehead atoms. The lowest BCUT2D eigenvalue weighted by molar-refractivity contribution is -0.386. The second-order valence-electron chi connectivity index (χ2n) is 6.83. The molecule has 0 fully saturated rings. The molecule has 0 saturated heterocycles. The molecule has 3 aromatic rings. The molecule has 0 N–H and O–H groups in total. The van der Waals surface area contributed by atoms with E-state index in [0.29, 0.717) is 5.69 Å².